The molecule has 1 unspecified atom stereocenters. The third-order valence-electron chi connectivity index (χ3n) is 3.89. The summed E-state index contributed by atoms with van der Waals surface area (Å²) in [4.78, 5) is 11.3. The van der Waals surface area contributed by atoms with Gasteiger partial charge in [-0.2, -0.15) is 0 Å². The Hall–Kier alpha value is -2.07. The maximum Gasteiger partial charge on any atom is 0.342 e. The predicted octanol–water partition coefficient (Wildman–Crippen LogP) is 4.29. The molecule has 2 aromatic carbocycles. The quantitative estimate of drug-likeness (QED) is 0.918. The van der Waals surface area contributed by atoms with Gasteiger partial charge in [0.1, 0.15) is 11.3 Å². The van der Waals surface area contributed by atoms with E-state index in [1.54, 1.807) is 0 Å². The average molecular weight is 321 g/mol. The molecule has 0 bridgehead atoms. The van der Waals surface area contributed by atoms with Crippen molar-refractivity contribution in [2.75, 3.05) is 6.61 Å². The smallest absolute Gasteiger partial charge is 0.342 e. The minimum absolute atomic E-state index is 0.0577. The highest BCUT2D eigenvalue weighted by Gasteiger charge is 2.30. The Morgan fingerprint density at radius 3 is 2.77 bits per heavy atom. The van der Waals surface area contributed by atoms with E-state index >= 15 is 0 Å². The predicted molar refractivity (Wildman–Crippen MR) is 81.4 cm³/mol. The lowest BCUT2D eigenvalue weighted by molar-refractivity contribution is 0.0685. The van der Waals surface area contributed by atoms with Crippen LogP contribution in [0.25, 0.3) is 0 Å². The van der Waals surface area contributed by atoms with Gasteiger partial charge in [0.2, 0.25) is 0 Å². The molecule has 0 saturated heterocycles. The molecule has 0 saturated carbocycles. The van der Waals surface area contributed by atoms with Crippen LogP contribution in [0.1, 0.15) is 33.8 Å². The van der Waals surface area contributed by atoms with Crippen molar-refractivity contribution in [3.63, 3.8) is 0 Å². The van der Waals surface area contributed by atoms with E-state index in [1.807, 2.05) is 30.3 Å². The second-order valence-corrected chi connectivity index (χ2v) is 5.70. The van der Waals surface area contributed by atoms with Crippen LogP contribution in [-0.4, -0.2) is 17.7 Å². The number of aromatic carboxylic acids is 1. The molecule has 3 rings (SSSR count). The minimum atomic E-state index is -1.36. The van der Waals surface area contributed by atoms with Gasteiger partial charge in [0.05, 0.1) is 11.6 Å². The fraction of sp³-hybridized carbons (Fsp3) is 0.235. The number of benzene rings is 2. The number of hydrogen-bond donors (Lipinski definition) is 1. The van der Waals surface area contributed by atoms with Crippen molar-refractivity contribution in [1.29, 1.82) is 0 Å². The highest BCUT2D eigenvalue weighted by molar-refractivity contribution is 6.31. The molecule has 0 aliphatic carbocycles. The highest BCUT2D eigenvalue weighted by atomic mass is 35.5. The Balaban J connectivity index is 2.05. The molecule has 1 N–H and O–H groups in total. The molecule has 114 valence electrons. The van der Waals surface area contributed by atoms with E-state index in [0.717, 1.165) is 18.4 Å². The number of halogens is 2. The Bertz CT molecular complexity index is 716. The van der Waals surface area contributed by atoms with Gasteiger partial charge in [-0.05, 0) is 30.4 Å². The van der Waals surface area contributed by atoms with Crippen molar-refractivity contribution in [1.82, 2.24) is 0 Å². The fourth-order valence-electron chi connectivity index (χ4n) is 2.85. The van der Waals surface area contributed by atoms with E-state index in [4.69, 9.17) is 16.3 Å². The van der Waals surface area contributed by atoms with Gasteiger partial charge in [-0.25, -0.2) is 9.18 Å². The van der Waals surface area contributed by atoms with Crippen LogP contribution in [0.5, 0.6) is 5.75 Å². The van der Waals surface area contributed by atoms with Gasteiger partial charge < -0.3 is 9.84 Å². The van der Waals surface area contributed by atoms with Crippen LogP contribution in [-0.2, 0) is 6.42 Å². The highest BCUT2D eigenvalue weighted by Crippen LogP contribution is 2.41. The van der Waals surface area contributed by atoms with E-state index in [9.17, 15) is 14.3 Å². The zero-order chi connectivity index (χ0) is 15.7. The molecular weight excluding hydrogens is 307 g/mol. The summed E-state index contributed by atoms with van der Waals surface area (Å²) in [5.41, 5.74) is 1.33. The van der Waals surface area contributed by atoms with E-state index < -0.39 is 17.3 Å². The summed E-state index contributed by atoms with van der Waals surface area (Å²) in [6, 6.07) is 11.4. The molecule has 0 amide bonds. The molecule has 1 atom stereocenters. The number of hydrogen-bond acceptors (Lipinski definition) is 2. The van der Waals surface area contributed by atoms with Gasteiger partial charge >= 0.3 is 5.97 Å². The van der Waals surface area contributed by atoms with Gasteiger partial charge in [0, 0.05) is 5.56 Å². The third kappa shape index (κ3) is 2.66. The number of fused-ring (bicyclic) bond motifs is 1. The number of carboxylic acids is 1. The monoisotopic (exact) mass is 320 g/mol. The molecule has 5 heteroatoms. The van der Waals surface area contributed by atoms with Crippen LogP contribution >= 0.6 is 11.6 Å². The summed E-state index contributed by atoms with van der Waals surface area (Å²) in [5.74, 6) is -2.13. The maximum absolute atomic E-state index is 14.0. The maximum atomic E-state index is 14.0. The molecule has 22 heavy (non-hydrogen) atoms. The fourth-order valence-corrected chi connectivity index (χ4v) is 3.06. The van der Waals surface area contributed by atoms with Crippen molar-refractivity contribution < 1.29 is 19.0 Å². The number of carboxylic acid groups (broad SMARTS) is 1. The molecule has 1 aliphatic rings. The number of ether oxygens (including phenoxy) is 1. The normalized spacial score (nSPS) is 16.7. The summed E-state index contributed by atoms with van der Waals surface area (Å²) in [6.45, 7) is 0.367. The van der Waals surface area contributed by atoms with Crippen molar-refractivity contribution in [3.05, 3.63) is 63.9 Å². The topological polar surface area (TPSA) is 46.5 Å². The first-order valence-electron chi connectivity index (χ1n) is 7.00. The summed E-state index contributed by atoms with van der Waals surface area (Å²) in [6.07, 6.45) is 1.47. The zero-order valence-electron chi connectivity index (χ0n) is 11.7. The standard InChI is InChI=1S/C17H14ClFO3/c18-13-9-12-11(8-10-4-2-1-3-5-10)6-7-22-16(12)14(15(13)19)17(20)21/h1-5,9,11H,6-8H2,(H,20,21). The number of rotatable bonds is 3. The largest absolute Gasteiger partial charge is 0.492 e. The van der Waals surface area contributed by atoms with Gasteiger partial charge in [-0.15, -0.1) is 0 Å². The third-order valence-corrected chi connectivity index (χ3v) is 4.17. The molecule has 1 heterocycles. The van der Waals surface area contributed by atoms with E-state index in [1.165, 1.54) is 6.07 Å². The Morgan fingerprint density at radius 2 is 2.09 bits per heavy atom. The first-order chi connectivity index (χ1) is 10.6. The van der Waals surface area contributed by atoms with Gasteiger partial charge in [0.15, 0.2) is 5.82 Å². The summed E-state index contributed by atoms with van der Waals surface area (Å²) in [7, 11) is 0. The second kappa shape index (κ2) is 5.97. The lowest BCUT2D eigenvalue weighted by atomic mass is 9.86. The van der Waals surface area contributed by atoms with E-state index in [2.05, 4.69) is 0 Å². The van der Waals surface area contributed by atoms with Crippen LogP contribution in [0.3, 0.4) is 0 Å². The first kappa shape index (κ1) is 14.9. The van der Waals surface area contributed by atoms with Crippen LogP contribution < -0.4 is 4.74 Å². The van der Waals surface area contributed by atoms with Gasteiger partial charge in [-0.1, -0.05) is 41.9 Å². The zero-order valence-corrected chi connectivity index (χ0v) is 12.4. The average Bonchev–Trinajstić information content (AvgIpc) is 2.50. The minimum Gasteiger partial charge on any atom is -0.492 e. The van der Waals surface area contributed by atoms with Crippen LogP contribution in [0.4, 0.5) is 4.39 Å². The van der Waals surface area contributed by atoms with Crippen LogP contribution in [0.2, 0.25) is 5.02 Å². The van der Waals surface area contributed by atoms with Crippen molar-refractivity contribution >= 4 is 17.6 Å². The summed E-state index contributed by atoms with van der Waals surface area (Å²) < 4.78 is 19.4. The Kier molecular flexibility index (Phi) is 4.03. The number of carbonyl (C=O) groups is 1. The molecule has 0 fully saturated rings. The first-order valence-corrected chi connectivity index (χ1v) is 7.37. The second-order valence-electron chi connectivity index (χ2n) is 5.29. The van der Waals surface area contributed by atoms with Crippen LogP contribution in [0, 0.1) is 5.82 Å². The summed E-state index contributed by atoms with van der Waals surface area (Å²) >= 11 is 5.87. The Morgan fingerprint density at radius 1 is 1.36 bits per heavy atom. The Labute approximate surface area is 132 Å². The SMILES string of the molecule is O=C(O)c1c(F)c(Cl)cc2c1OCCC2Cc1ccccc1. The van der Waals surface area contributed by atoms with Gasteiger partial charge in [-0.3, -0.25) is 0 Å². The molecule has 3 nitrogen and oxygen atoms in total. The van der Waals surface area contributed by atoms with Crippen molar-refractivity contribution in [2.24, 2.45) is 0 Å². The summed E-state index contributed by atoms with van der Waals surface area (Å²) in [5, 5.41) is 9.06. The lowest BCUT2D eigenvalue weighted by Gasteiger charge is -2.27. The van der Waals surface area contributed by atoms with Crippen LogP contribution in [0.15, 0.2) is 36.4 Å². The van der Waals surface area contributed by atoms with Crippen molar-refractivity contribution in [3.8, 4) is 5.75 Å². The van der Waals surface area contributed by atoms with Crippen molar-refractivity contribution in [2.45, 2.75) is 18.8 Å². The molecule has 0 aromatic heterocycles. The van der Waals surface area contributed by atoms with E-state index in [-0.39, 0.29) is 16.7 Å². The molecule has 0 spiro atoms. The molecule has 1 aliphatic heterocycles. The molecule has 0 radical (unpaired) electrons. The lowest BCUT2D eigenvalue weighted by Crippen LogP contribution is -2.20. The van der Waals surface area contributed by atoms with Gasteiger partial charge in [0.25, 0.3) is 0 Å². The molecular formula is C17H14ClFO3. The van der Waals surface area contributed by atoms with E-state index in [0.29, 0.717) is 12.2 Å². The molecule has 2 aromatic rings.